The van der Waals surface area contributed by atoms with Crippen LogP contribution < -0.4 is 0 Å². The van der Waals surface area contributed by atoms with Gasteiger partial charge in [0.05, 0.1) is 30.1 Å². The molecule has 0 aliphatic carbocycles. The van der Waals surface area contributed by atoms with Gasteiger partial charge in [0.25, 0.3) is 0 Å². The molecule has 0 fully saturated rings. The Morgan fingerprint density at radius 1 is 1.00 bits per heavy atom. The molecule has 0 aliphatic heterocycles. The molecule has 0 aliphatic rings. The summed E-state index contributed by atoms with van der Waals surface area (Å²) >= 11 is 0. The van der Waals surface area contributed by atoms with E-state index in [1.54, 1.807) is 7.11 Å². The molecule has 0 saturated heterocycles. The van der Waals surface area contributed by atoms with Crippen LogP contribution in [0.4, 0.5) is 0 Å². The lowest BCUT2D eigenvalue weighted by Crippen LogP contribution is -2.49. The Morgan fingerprint density at radius 3 is 2.17 bits per heavy atom. The third-order valence-corrected chi connectivity index (χ3v) is 10.4. The Kier molecular flexibility index (Phi) is 8.07. The maximum absolute atomic E-state index is 6.83. The molecule has 1 aromatic heterocycles. The van der Waals surface area contributed by atoms with Gasteiger partial charge in [-0.1, -0.05) is 51.1 Å². The summed E-state index contributed by atoms with van der Waals surface area (Å²) in [6.07, 6.45) is 0. The van der Waals surface area contributed by atoms with Crippen molar-refractivity contribution < 1.29 is 13.9 Å². The number of benzene rings is 1. The predicted octanol–water partition coefficient (Wildman–Crippen LogP) is 6.03. The molecule has 2 aromatic rings. The van der Waals surface area contributed by atoms with E-state index in [0.29, 0.717) is 26.4 Å². The molecule has 0 amide bonds. The summed E-state index contributed by atoms with van der Waals surface area (Å²) in [5, 5.41) is 0.150. The van der Waals surface area contributed by atoms with Crippen molar-refractivity contribution in [3.8, 4) is 11.3 Å². The van der Waals surface area contributed by atoms with Gasteiger partial charge in [0.2, 0.25) is 0 Å². The van der Waals surface area contributed by atoms with Gasteiger partial charge in [0.15, 0.2) is 8.32 Å². The summed E-state index contributed by atoms with van der Waals surface area (Å²) < 4.78 is 20.3. The van der Waals surface area contributed by atoms with Gasteiger partial charge in [-0.15, -0.1) is 0 Å². The second-order valence-corrected chi connectivity index (χ2v) is 14.7. The van der Waals surface area contributed by atoms with E-state index in [0.717, 1.165) is 22.8 Å². The number of hydrogen-bond donors (Lipinski definition) is 0. The van der Waals surface area contributed by atoms with Crippen LogP contribution in [0.15, 0.2) is 30.3 Å². The monoisotopic (exact) mass is 432 g/mol. The van der Waals surface area contributed by atoms with E-state index in [2.05, 4.69) is 76.5 Å². The molecular weight excluding hydrogens is 392 g/mol. The Bertz CT molecular complexity index is 808. The Labute approximate surface area is 183 Å². The standard InChI is InChI=1S/C24H40N2O3Si/c1-10-28-17-21-25-20(16-27-7)22(19-14-12-11-13-15-19)26(21)18-24(5,6)29-30(8,9)23(2,3)4/h11-15H,10,16-18H2,1-9H3. The molecule has 0 radical (unpaired) electrons. The minimum absolute atomic E-state index is 0.150. The molecule has 168 valence electrons. The summed E-state index contributed by atoms with van der Waals surface area (Å²) in [5.41, 5.74) is 2.79. The van der Waals surface area contributed by atoms with Crippen molar-refractivity contribution in [2.45, 2.75) is 85.0 Å². The molecule has 5 nitrogen and oxygen atoms in total. The summed E-state index contributed by atoms with van der Waals surface area (Å²) in [7, 11) is -0.223. The van der Waals surface area contributed by atoms with Crippen molar-refractivity contribution >= 4 is 8.32 Å². The third kappa shape index (κ3) is 6.03. The zero-order valence-corrected chi connectivity index (χ0v) is 21.3. The number of methoxy groups -OCH3 is 1. The Balaban J connectivity index is 2.52. The average Bonchev–Trinajstić information content (AvgIpc) is 2.95. The molecule has 0 bridgehead atoms. The van der Waals surface area contributed by atoms with Gasteiger partial charge in [-0.05, 0) is 38.9 Å². The quantitative estimate of drug-likeness (QED) is 0.430. The summed E-state index contributed by atoms with van der Waals surface area (Å²) in [4.78, 5) is 4.91. The topological polar surface area (TPSA) is 45.5 Å². The van der Waals surface area contributed by atoms with Gasteiger partial charge in [-0.25, -0.2) is 4.98 Å². The second-order valence-electron chi connectivity index (χ2n) is 9.97. The smallest absolute Gasteiger partial charge is 0.192 e. The Hall–Kier alpha value is -1.47. The van der Waals surface area contributed by atoms with E-state index in [4.69, 9.17) is 18.9 Å². The van der Waals surface area contributed by atoms with E-state index < -0.39 is 8.32 Å². The number of nitrogens with zero attached hydrogens (tertiary/aromatic N) is 2. The molecule has 1 aromatic carbocycles. The minimum Gasteiger partial charge on any atom is -0.410 e. The van der Waals surface area contributed by atoms with Gasteiger partial charge in [-0.3, -0.25) is 0 Å². The highest BCUT2D eigenvalue weighted by Gasteiger charge is 2.42. The van der Waals surface area contributed by atoms with Gasteiger partial charge in [-0.2, -0.15) is 0 Å². The van der Waals surface area contributed by atoms with Crippen LogP contribution in [-0.2, 0) is 33.7 Å². The van der Waals surface area contributed by atoms with Crippen molar-refractivity contribution in [1.29, 1.82) is 0 Å². The molecule has 6 heteroatoms. The molecule has 0 N–H and O–H groups in total. The summed E-state index contributed by atoms with van der Waals surface area (Å²) in [6.45, 7) is 20.1. The lowest BCUT2D eigenvalue weighted by atomic mass is 10.1. The second kappa shape index (κ2) is 9.77. The van der Waals surface area contributed by atoms with Crippen molar-refractivity contribution in [1.82, 2.24) is 9.55 Å². The van der Waals surface area contributed by atoms with Crippen LogP contribution in [-0.4, -0.2) is 37.2 Å². The largest absolute Gasteiger partial charge is 0.410 e. The first-order valence-electron chi connectivity index (χ1n) is 10.8. The van der Waals surface area contributed by atoms with Crippen molar-refractivity contribution in [2.75, 3.05) is 13.7 Å². The highest BCUT2D eigenvalue weighted by molar-refractivity contribution is 6.74. The maximum atomic E-state index is 6.83. The third-order valence-electron chi connectivity index (χ3n) is 5.76. The molecule has 0 spiro atoms. The van der Waals surface area contributed by atoms with Crippen LogP contribution in [0.1, 0.15) is 53.1 Å². The van der Waals surface area contributed by atoms with Crippen LogP contribution in [0, 0.1) is 0 Å². The number of hydrogen-bond acceptors (Lipinski definition) is 4. The van der Waals surface area contributed by atoms with Gasteiger partial charge < -0.3 is 18.5 Å². The molecule has 2 rings (SSSR count). The van der Waals surface area contributed by atoms with Crippen LogP contribution in [0.5, 0.6) is 0 Å². The number of ether oxygens (including phenoxy) is 2. The van der Waals surface area contributed by atoms with Gasteiger partial charge in [0.1, 0.15) is 12.4 Å². The van der Waals surface area contributed by atoms with Crippen LogP contribution in [0.3, 0.4) is 0 Å². The van der Waals surface area contributed by atoms with Gasteiger partial charge >= 0.3 is 0 Å². The van der Waals surface area contributed by atoms with E-state index >= 15 is 0 Å². The molecule has 0 saturated carbocycles. The van der Waals surface area contributed by atoms with E-state index in [-0.39, 0.29) is 10.6 Å². The highest BCUT2D eigenvalue weighted by atomic mass is 28.4. The lowest BCUT2D eigenvalue weighted by molar-refractivity contribution is 0.0681. The predicted molar refractivity (Wildman–Crippen MR) is 126 cm³/mol. The molecule has 1 heterocycles. The first-order chi connectivity index (χ1) is 13.9. The number of rotatable bonds is 10. The van der Waals surface area contributed by atoms with Crippen molar-refractivity contribution in [2.24, 2.45) is 0 Å². The molecule has 0 unspecified atom stereocenters. The van der Waals surface area contributed by atoms with Crippen LogP contribution in [0.25, 0.3) is 11.3 Å². The molecular formula is C24H40N2O3Si. The lowest BCUT2D eigenvalue weighted by Gasteiger charge is -2.43. The fraction of sp³-hybridized carbons (Fsp3) is 0.625. The molecule has 30 heavy (non-hydrogen) atoms. The average molecular weight is 433 g/mol. The van der Waals surface area contributed by atoms with Crippen LogP contribution in [0.2, 0.25) is 18.1 Å². The summed E-state index contributed by atoms with van der Waals surface area (Å²) in [6, 6.07) is 10.4. The van der Waals surface area contributed by atoms with Gasteiger partial charge in [0, 0.05) is 19.3 Å². The number of aromatic nitrogens is 2. The fourth-order valence-electron chi connectivity index (χ4n) is 3.44. The first kappa shape index (κ1) is 24.8. The normalized spacial score (nSPS) is 13.1. The highest BCUT2D eigenvalue weighted by Crippen LogP contribution is 2.40. The fourth-order valence-corrected chi connectivity index (χ4v) is 5.19. The van der Waals surface area contributed by atoms with E-state index in [1.807, 2.05) is 13.0 Å². The number of imidazole rings is 1. The summed E-state index contributed by atoms with van der Waals surface area (Å²) in [5.74, 6) is 0.912. The van der Waals surface area contributed by atoms with Crippen molar-refractivity contribution in [3.05, 3.63) is 41.9 Å². The SMILES string of the molecule is CCOCc1nc(COC)c(-c2ccccc2)n1CC(C)(C)O[Si](C)(C)C(C)(C)C. The van der Waals surface area contributed by atoms with Crippen LogP contribution >= 0.6 is 0 Å². The Morgan fingerprint density at radius 2 is 1.63 bits per heavy atom. The first-order valence-corrected chi connectivity index (χ1v) is 13.7. The zero-order chi connectivity index (χ0) is 22.6. The maximum Gasteiger partial charge on any atom is 0.192 e. The zero-order valence-electron chi connectivity index (χ0n) is 20.3. The van der Waals surface area contributed by atoms with E-state index in [9.17, 15) is 0 Å². The minimum atomic E-state index is -1.93. The van der Waals surface area contributed by atoms with Crippen molar-refractivity contribution in [3.63, 3.8) is 0 Å². The molecule has 0 atom stereocenters. The van der Waals surface area contributed by atoms with E-state index in [1.165, 1.54) is 0 Å².